The molecule has 3 heterocycles. The molecule has 0 saturated heterocycles. The number of H-pyrrole nitrogens is 1. The van der Waals surface area contributed by atoms with Crippen LogP contribution in [0.15, 0.2) is 23.0 Å². The number of imidazole rings is 1. The average molecular weight is 508 g/mol. The maximum Gasteiger partial charge on any atom is 0.277 e. The van der Waals surface area contributed by atoms with Gasteiger partial charge in [-0.25, -0.2) is 14.2 Å². The lowest BCUT2D eigenvalue weighted by Gasteiger charge is -2.13. The van der Waals surface area contributed by atoms with E-state index in [1.807, 2.05) is 36.7 Å². The van der Waals surface area contributed by atoms with Crippen LogP contribution in [0.1, 0.15) is 74.9 Å². The summed E-state index contributed by atoms with van der Waals surface area (Å²) >= 11 is 0. The molecule has 0 radical (unpaired) electrons. The molecule has 10 nitrogen and oxygen atoms in total. The van der Waals surface area contributed by atoms with Gasteiger partial charge in [-0.3, -0.25) is 4.79 Å². The summed E-state index contributed by atoms with van der Waals surface area (Å²) in [4.78, 5) is 20.6. The number of ether oxygens (including phenoxy) is 1. The van der Waals surface area contributed by atoms with E-state index in [-0.39, 0.29) is 12.2 Å². The van der Waals surface area contributed by atoms with E-state index in [1.165, 1.54) is 0 Å². The van der Waals surface area contributed by atoms with E-state index in [2.05, 4.69) is 34.1 Å². The van der Waals surface area contributed by atoms with Gasteiger partial charge in [-0.15, -0.1) is 10.2 Å². The number of nitrogens with zero attached hydrogens (tertiary/aromatic N) is 6. The molecule has 4 rings (SSSR count). The van der Waals surface area contributed by atoms with Crippen molar-refractivity contribution in [2.45, 2.75) is 79.2 Å². The number of aliphatic hydroxyl groups is 1. The molecule has 2 N–H and O–H groups in total. The third-order valence-corrected chi connectivity index (χ3v) is 6.43. The molecule has 10 heteroatoms. The first-order chi connectivity index (χ1) is 18.0. The van der Waals surface area contributed by atoms with Crippen LogP contribution in [0, 0.1) is 6.92 Å². The minimum absolute atomic E-state index is 0.0436. The second kappa shape index (κ2) is 12.1. The van der Waals surface area contributed by atoms with Crippen molar-refractivity contribution in [1.29, 1.82) is 0 Å². The van der Waals surface area contributed by atoms with Crippen molar-refractivity contribution < 1.29 is 9.84 Å². The topological polar surface area (TPSA) is 123 Å². The Morgan fingerprint density at radius 3 is 2.65 bits per heavy atom. The van der Waals surface area contributed by atoms with Crippen LogP contribution >= 0.6 is 0 Å². The zero-order valence-corrected chi connectivity index (χ0v) is 22.3. The fourth-order valence-electron chi connectivity index (χ4n) is 4.67. The highest BCUT2D eigenvalue weighted by Crippen LogP contribution is 2.29. The minimum atomic E-state index is -0.228. The number of rotatable bonds is 13. The molecule has 0 atom stereocenters. The highest BCUT2D eigenvalue weighted by Gasteiger charge is 2.18. The monoisotopic (exact) mass is 507 g/mol. The van der Waals surface area contributed by atoms with Gasteiger partial charge in [0.15, 0.2) is 11.3 Å². The van der Waals surface area contributed by atoms with Crippen LogP contribution in [0.2, 0.25) is 0 Å². The molecule has 0 fully saturated rings. The molecular weight excluding hydrogens is 470 g/mol. The Labute approximate surface area is 216 Å². The Morgan fingerprint density at radius 2 is 1.92 bits per heavy atom. The van der Waals surface area contributed by atoms with E-state index < -0.39 is 0 Å². The van der Waals surface area contributed by atoms with E-state index in [1.54, 1.807) is 4.52 Å². The number of fused-ring (bicyclic) bond motifs is 1. The van der Waals surface area contributed by atoms with Crippen LogP contribution in [0.5, 0.6) is 5.75 Å². The third kappa shape index (κ3) is 5.74. The van der Waals surface area contributed by atoms with Crippen molar-refractivity contribution in [2.75, 3.05) is 13.2 Å². The molecule has 0 unspecified atom stereocenters. The molecule has 198 valence electrons. The summed E-state index contributed by atoms with van der Waals surface area (Å²) in [6, 6.07) is 5.90. The maximum atomic E-state index is 13.1. The van der Waals surface area contributed by atoms with Gasteiger partial charge in [-0.1, -0.05) is 38.0 Å². The zero-order chi connectivity index (χ0) is 26.4. The van der Waals surface area contributed by atoms with Gasteiger partial charge in [0, 0.05) is 19.4 Å². The van der Waals surface area contributed by atoms with Gasteiger partial charge >= 0.3 is 0 Å². The second-order valence-corrected chi connectivity index (χ2v) is 9.26. The highest BCUT2D eigenvalue weighted by atomic mass is 16.5. The second-order valence-electron chi connectivity index (χ2n) is 9.26. The maximum absolute atomic E-state index is 13.1. The molecule has 37 heavy (non-hydrogen) atoms. The number of hydrogen-bond acceptors (Lipinski definition) is 7. The first-order valence-corrected chi connectivity index (χ1v) is 13.3. The van der Waals surface area contributed by atoms with Gasteiger partial charge in [0.2, 0.25) is 0 Å². The predicted octanol–water partition coefficient (Wildman–Crippen LogP) is 3.65. The lowest BCUT2D eigenvalue weighted by Crippen LogP contribution is -2.16. The molecule has 0 aliphatic carbocycles. The zero-order valence-electron chi connectivity index (χ0n) is 22.3. The number of aromatic amines is 1. The van der Waals surface area contributed by atoms with Gasteiger partial charge in [-0.2, -0.15) is 0 Å². The fourth-order valence-corrected chi connectivity index (χ4v) is 4.67. The number of nitrogens with one attached hydrogen (secondary N) is 1. The van der Waals surface area contributed by atoms with Crippen molar-refractivity contribution in [3.63, 3.8) is 0 Å². The van der Waals surface area contributed by atoms with Gasteiger partial charge in [-0.05, 0) is 50.8 Å². The summed E-state index contributed by atoms with van der Waals surface area (Å²) in [6.45, 7) is 9.05. The van der Waals surface area contributed by atoms with Crippen LogP contribution in [-0.2, 0) is 25.8 Å². The average Bonchev–Trinajstić information content (AvgIpc) is 3.41. The first-order valence-electron chi connectivity index (χ1n) is 13.3. The van der Waals surface area contributed by atoms with E-state index in [9.17, 15) is 9.90 Å². The van der Waals surface area contributed by atoms with E-state index >= 15 is 0 Å². The van der Waals surface area contributed by atoms with E-state index in [4.69, 9.17) is 9.84 Å². The molecule has 0 amide bonds. The summed E-state index contributed by atoms with van der Waals surface area (Å²) in [7, 11) is 0. The SMILES string of the molecule is CCCCCc1c(CCO)nnn1Cc1ccc(OCC)c(-c2nn3c(CCC)nc(C)c3c(=O)[nH]2)c1. The Balaban J connectivity index is 1.76. The molecular formula is C27H37N7O3. The van der Waals surface area contributed by atoms with Gasteiger partial charge in [0.05, 0.1) is 35.8 Å². The van der Waals surface area contributed by atoms with Crippen molar-refractivity contribution in [2.24, 2.45) is 0 Å². The highest BCUT2D eigenvalue weighted by molar-refractivity contribution is 5.66. The standard InChI is InChI=1S/C27H37N7O3/c1-5-8-9-11-22-21(14-15-35)30-32-33(22)17-19-12-13-23(37-7-3)20(16-19)26-29-27(36)25-18(4)28-24(10-6-2)34(25)31-26/h12-13,16,35H,5-11,14-15,17H2,1-4H3,(H,29,31,36). The van der Waals surface area contributed by atoms with E-state index in [0.717, 1.165) is 61.3 Å². The summed E-state index contributed by atoms with van der Waals surface area (Å²) in [5.74, 6) is 1.85. The molecule has 0 aliphatic heterocycles. The van der Waals surface area contributed by atoms with Crippen LogP contribution in [0.25, 0.3) is 16.9 Å². The number of aromatic nitrogens is 7. The Hall–Kier alpha value is -3.53. The van der Waals surface area contributed by atoms with Gasteiger partial charge in [0.25, 0.3) is 5.56 Å². The van der Waals surface area contributed by atoms with Crippen molar-refractivity contribution in [3.8, 4) is 17.1 Å². The van der Waals surface area contributed by atoms with Gasteiger partial charge in [0.1, 0.15) is 11.6 Å². The molecule has 0 bridgehead atoms. The van der Waals surface area contributed by atoms with Crippen LogP contribution < -0.4 is 10.3 Å². The molecule has 0 spiro atoms. The Bertz CT molecular complexity index is 1400. The molecule has 3 aromatic heterocycles. The Morgan fingerprint density at radius 1 is 1.08 bits per heavy atom. The van der Waals surface area contributed by atoms with Crippen LogP contribution in [0.4, 0.5) is 0 Å². The smallest absolute Gasteiger partial charge is 0.277 e. The predicted molar refractivity (Wildman–Crippen MR) is 142 cm³/mol. The van der Waals surface area contributed by atoms with Gasteiger partial charge < -0.3 is 14.8 Å². The summed E-state index contributed by atoms with van der Waals surface area (Å²) < 4.78 is 9.49. The summed E-state index contributed by atoms with van der Waals surface area (Å²) in [5, 5.41) is 23.0. The van der Waals surface area contributed by atoms with Crippen LogP contribution in [-0.4, -0.2) is 52.9 Å². The lowest BCUT2D eigenvalue weighted by molar-refractivity contribution is 0.297. The number of benzene rings is 1. The number of unbranched alkanes of at least 4 members (excludes halogenated alkanes) is 2. The first kappa shape index (κ1) is 26.5. The number of aryl methyl sites for hydroxylation is 2. The normalized spacial score (nSPS) is 11.5. The lowest BCUT2D eigenvalue weighted by atomic mass is 10.1. The quantitative estimate of drug-likeness (QED) is 0.265. The number of aliphatic hydroxyl groups excluding tert-OH is 1. The molecule has 1 aromatic carbocycles. The van der Waals surface area contributed by atoms with Crippen LogP contribution in [0.3, 0.4) is 0 Å². The number of hydrogen-bond donors (Lipinski definition) is 2. The van der Waals surface area contributed by atoms with Crippen molar-refractivity contribution >= 4 is 5.52 Å². The minimum Gasteiger partial charge on any atom is -0.493 e. The van der Waals surface area contributed by atoms with Crippen molar-refractivity contribution in [1.82, 2.24) is 34.6 Å². The van der Waals surface area contributed by atoms with Crippen molar-refractivity contribution in [3.05, 3.63) is 57.0 Å². The largest absolute Gasteiger partial charge is 0.493 e. The van der Waals surface area contributed by atoms with E-state index in [0.29, 0.717) is 47.9 Å². The summed E-state index contributed by atoms with van der Waals surface area (Å²) in [6.07, 6.45) is 6.30. The third-order valence-electron chi connectivity index (χ3n) is 6.43. The Kier molecular flexibility index (Phi) is 8.70. The molecule has 0 aliphatic rings. The summed E-state index contributed by atoms with van der Waals surface area (Å²) in [5.41, 5.74) is 4.50. The molecule has 4 aromatic rings. The fraction of sp³-hybridized carbons (Fsp3) is 0.519. The molecule has 0 saturated carbocycles.